The van der Waals surface area contributed by atoms with Gasteiger partial charge in [-0.3, -0.25) is 0 Å². The monoisotopic (exact) mass is 113 g/mol. The van der Waals surface area contributed by atoms with Crippen molar-refractivity contribution in [3.05, 3.63) is 0 Å². The minimum Gasteiger partial charge on any atom is -0.313 e. The van der Waals surface area contributed by atoms with Gasteiger partial charge in [-0.05, 0) is 19.9 Å². The molecule has 0 bridgehead atoms. The maximum atomic E-state index is 4.29. The van der Waals surface area contributed by atoms with Crippen molar-refractivity contribution in [2.24, 2.45) is 0 Å². The molecule has 1 rings (SSSR count). The van der Waals surface area contributed by atoms with E-state index in [0.29, 0.717) is 6.04 Å². The van der Waals surface area contributed by atoms with E-state index in [1.54, 1.807) is 0 Å². The molecule has 1 aliphatic rings. The third kappa shape index (κ3) is 1.80. The van der Waals surface area contributed by atoms with Crippen LogP contribution < -0.4 is 10.6 Å². The van der Waals surface area contributed by atoms with Crippen LogP contribution in [-0.2, 0) is 0 Å². The molecule has 0 amide bonds. The Morgan fingerprint density at radius 3 is 3.38 bits per heavy atom. The summed E-state index contributed by atoms with van der Waals surface area (Å²) in [6.07, 6.45) is 1.21. The summed E-state index contributed by atoms with van der Waals surface area (Å²) in [5.74, 6) is 0. The molecule has 47 valence electrons. The van der Waals surface area contributed by atoms with Crippen LogP contribution in [0.3, 0.4) is 0 Å². The second-order valence-electron chi connectivity index (χ2n) is 2.34. The number of hydrogen-bond donors (Lipinski definition) is 1. The zero-order valence-corrected chi connectivity index (χ0v) is 5.35. The molecule has 1 N–H and O–H groups in total. The number of nitrogens with zero attached hydrogens (tertiary/aromatic N) is 1. The molecule has 0 saturated carbocycles. The van der Waals surface area contributed by atoms with Crippen LogP contribution >= 0.6 is 0 Å². The van der Waals surface area contributed by atoms with E-state index in [2.05, 4.69) is 17.6 Å². The molecule has 1 atom stereocenters. The summed E-state index contributed by atoms with van der Waals surface area (Å²) < 4.78 is 0. The molecule has 0 aromatic heterocycles. The molecule has 1 fully saturated rings. The first kappa shape index (κ1) is 6.05. The molecule has 0 spiro atoms. The van der Waals surface area contributed by atoms with Crippen molar-refractivity contribution in [2.75, 3.05) is 19.6 Å². The predicted molar refractivity (Wildman–Crippen MR) is 33.9 cm³/mol. The molecule has 1 unspecified atom stereocenters. The normalized spacial score (nSPS) is 31.9. The van der Waals surface area contributed by atoms with Crippen LogP contribution in [0.1, 0.15) is 13.3 Å². The van der Waals surface area contributed by atoms with Crippen molar-refractivity contribution in [1.29, 1.82) is 0 Å². The Bertz CT molecular complexity index is 55.5. The molecule has 0 aliphatic carbocycles. The summed E-state index contributed by atoms with van der Waals surface area (Å²) in [6.45, 7) is 5.37. The van der Waals surface area contributed by atoms with E-state index >= 15 is 0 Å². The Morgan fingerprint density at radius 1 is 1.62 bits per heavy atom. The van der Waals surface area contributed by atoms with Gasteiger partial charge in [-0.25, -0.2) is 5.32 Å². The van der Waals surface area contributed by atoms with E-state index in [1.165, 1.54) is 6.42 Å². The standard InChI is InChI=1S/C6H13N2/c1-6-5-7-3-2-4-8-6/h6,8H,2-5H2,1H3. The third-order valence-electron chi connectivity index (χ3n) is 1.39. The van der Waals surface area contributed by atoms with Gasteiger partial charge in [0.05, 0.1) is 0 Å². The summed E-state index contributed by atoms with van der Waals surface area (Å²) in [4.78, 5) is 0. The first-order chi connectivity index (χ1) is 3.89. The van der Waals surface area contributed by atoms with E-state index in [-0.39, 0.29) is 0 Å². The van der Waals surface area contributed by atoms with Gasteiger partial charge in [0.2, 0.25) is 0 Å². The molecule has 2 heteroatoms. The van der Waals surface area contributed by atoms with Gasteiger partial charge in [-0.1, -0.05) is 0 Å². The number of rotatable bonds is 0. The average molecular weight is 113 g/mol. The zero-order chi connectivity index (χ0) is 5.82. The Balaban J connectivity index is 2.17. The van der Waals surface area contributed by atoms with Gasteiger partial charge in [0.15, 0.2) is 0 Å². The van der Waals surface area contributed by atoms with Gasteiger partial charge >= 0.3 is 0 Å². The summed E-state index contributed by atoms with van der Waals surface area (Å²) in [5.41, 5.74) is 0. The highest BCUT2D eigenvalue weighted by molar-refractivity contribution is 4.67. The van der Waals surface area contributed by atoms with Gasteiger partial charge in [0.1, 0.15) is 0 Å². The molecule has 0 aromatic rings. The molecule has 1 radical (unpaired) electrons. The van der Waals surface area contributed by atoms with E-state index in [1.807, 2.05) is 0 Å². The molecule has 1 heterocycles. The van der Waals surface area contributed by atoms with Crippen molar-refractivity contribution in [1.82, 2.24) is 10.6 Å². The highest BCUT2D eigenvalue weighted by Gasteiger charge is 2.03. The number of nitrogens with one attached hydrogen (secondary N) is 1. The van der Waals surface area contributed by atoms with Crippen molar-refractivity contribution < 1.29 is 0 Å². The van der Waals surface area contributed by atoms with Crippen molar-refractivity contribution >= 4 is 0 Å². The van der Waals surface area contributed by atoms with Gasteiger partial charge in [0, 0.05) is 19.1 Å². The first-order valence-electron chi connectivity index (χ1n) is 3.26. The molecule has 1 aliphatic heterocycles. The maximum Gasteiger partial charge on any atom is 0.0284 e. The lowest BCUT2D eigenvalue weighted by Crippen LogP contribution is -2.29. The third-order valence-corrected chi connectivity index (χ3v) is 1.39. The highest BCUT2D eigenvalue weighted by Crippen LogP contribution is 1.87. The van der Waals surface area contributed by atoms with Gasteiger partial charge in [0.25, 0.3) is 0 Å². The zero-order valence-electron chi connectivity index (χ0n) is 5.35. The Morgan fingerprint density at radius 2 is 2.50 bits per heavy atom. The minimum absolute atomic E-state index is 0.609. The molecular formula is C6H13N2. The summed E-state index contributed by atoms with van der Waals surface area (Å²) in [5, 5.41) is 7.64. The second kappa shape index (κ2) is 3.05. The fourth-order valence-corrected chi connectivity index (χ4v) is 0.889. The van der Waals surface area contributed by atoms with E-state index in [0.717, 1.165) is 19.6 Å². The SMILES string of the molecule is CC1C[N]CCCN1. The Kier molecular flexibility index (Phi) is 2.30. The largest absolute Gasteiger partial charge is 0.313 e. The lowest BCUT2D eigenvalue weighted by atomic mass is 10.3. The molecule has 1 saturated heterocycles. The fourth-order valence-electron chi connectivity index (χ4n) is 0.889. The van der Waals surface area contributed by atoms with Crippen LogP contribution in [0, 0.1) is 0 Å². The van der Waals surface area contributed by atoms with Crippen LogP contribution in [0.25, 0.3) is 0 Å². The second-order valence-corrected chi connectivity index (χ2v) is 2.34. The predicted octanol–water partition coefficient (Wildman–Crippen LogP) is -0.0274. The van der Waals surface area contributed by atoms with E-state index < -0.39 is 0 Å². The van der Waals surface area contributed by atoms with Crippen LogP contribution in [0.15, 0.2) is 0 Å². The van der Waals surface area contributed by atoms with E-state index in [9.17, 15) is 0 Å². The summed E-state index contributed by atoms with van der Waals surface area (Å²) >= 11 is 0. The van der Waals surface area contributed by atoms with Gasteiger partial charge < -0.3 is 5.32 Å². The quantitative estimate of drug-likeness (QED) is 0.469. The number of hydrogen-bond acceptors (Lipinski definition) is 1. The smallest absolute Gasteiger partial charge is 0.0284 e. The minimum atomic E-state index is 0.609. The van der Waals surface area contributed by atoms with Crippen molar-refractivity contribution in [3.8, 4) is 0 Å². The van der Waals surface area contributed by atoms with Crippen LogP contribution in [-0.4, -0.2) is 25.7 Å². The fraction of sp³-hybridized carbons (Fsp3) is 1.00. The van der Waals surface area contributed by atoms with Crippen molar-refractivity contribution in [2.45, 2.75) is 19.4 Å². The van der Waals surface area contributed by atoms with Gasteiger partial charge in [-0.2, -0.15) is 0 Å². The average Bonchev–Trinajstić information content (AvgIpc) is 1.94. The Labute approximate surface area is 50.7 Å². The summed E-state index contributed by atoms with van der Waals surface area (Å²) in [6, 6.07) is 0.609. The van der Waals surface area contributed by atoms with E-state index in [4.69, 9.17) is 0 Å². The lowest BCUT2D eigenvalue weighted by molar-refractivity contribution is 0.564. The van der Waals surface area contributed by atoms with Crippen LogP contribution in [0.5, 0.6) is 0 Å². The van der Waals surface area contributed by atoms with Crippen LogP contribution in [0.4, 0.5) is 0 Å². The molecule has 2 nitrogen and oxygen atoms in total. The lowest BCUT2D eigenvalue weighted by Gasteiger charge is -2.05. The molecule has 0 aromatic carbocycles. The maximum absolute atomic E-state index is 4.29. The van der Waals surface area contributed by atoms with Crippen LogP contribution in [0.2, 0.25) is 0 Å². The van der Waals surface area contributed by atoms with Gasteiger partial charge in [-0.15, -0.1) is 0 Å². The Hall–Kier alpha value is -0.0800. The summed E-state index contributed by atoms with van der Waals surface area (Å²) in [7, 11) is 0. The molecule has 8 heavy (non-hydrogen) atoms. The highest BCUT2D eigenvalue weighted by atomic mass is 15.0. The molecular weight excluding hydrogens is 100 g/mol. The topological polar surface area (TPSA) is 26.1 Å². The van der Waals surface area contributed by atoms with Crippen molar-refractivity contribution in [3.63, 3.8) is 0 Å². The first-order valence-corrected chi connectivity index (χ1v) is 3.26.